The maximum absolute atomic E-state index is 12.6. The summed E-state index contributed by atoms with van der Waals surface area (Å²) in [4.78, 5) is 26.7. The van der Waals surface area contributed by atoms with E-state index in [-0.39, 0.29) is 23.8 Å². The third kappa shape index (κ3) is 3.12. The molecule has 4 rings (SSSR count). The highest BCUT2D eigenvalue weighted by atomic mass is 32.2. The molecule has 8 nitrogen and oxygen atoms in total. The Bertz CT molecular complexity index is 1140. The maximum atomic E-state index is 12.6. The molecular formula is C19H18N2O6S. The molecule has 0 bridgehead atoms. The number of aromatic amines is 1. The SMILES string of the molecule is Cc1cc(CCC(=O)O)c(/C=C2\C(=O)Nc3ccc4c(c32)CCOS4(=O)=O)[nH]1. The van der Waals surface area contributed by atoms with Crippen LogP contribution < -0.4 is 5.32 Å². The molecule has 0 saturated heterocycles. The van der Waals surface area contributed by atoms with Crippen molar-refractivity contribution < 1.29 is 27.3 Å². The number of rotatable bonds is 4. The molecule has 3 N–H and O–H groups in total. The first-order chi connectivity index (χ1) is 13.3. The highest BCUT2D eigenvalue weighted by Crippen LogP contribution is 2.41. The summed E-state index contributed by atoms with van der Waals surface area (Å²) in [6.45, 7) is 1.87. The van der Waals surface area contributed by atoms with Crippen LogP contribution in [0, 0.1) is 6.92 Å². The lowest BCUT2D eigenvalue weighted by Gasteiger charge is -2.19. The highest BCUT2D eigenvalue weighted by molar-refractivity contribution is 7.86. The molecule has 1 amide bonds. The molecule has 2 aliphatic heterocycles. The third-order valence-corrected chi connectivity index (χ3v) is 6.26. The van der Waals surface area contributed by atoms with Crippen molar-refractivity contribution in [3.05, 3.63) is 46.3 Å². The number of amides is 1. The van der Waals surface area contributed by atoms with Crippen LogP contribution in [0.3, 0.4) is 0 Å². The number of carboxylic acid groups (broad SMARTS) is 1. The van der Waals surface area contributed by atoms with Crippen molar-refractivity contribution in [2.75, 3.05) is 11.9 Å². The van der Waals surface area contributed by atoms with Crippen molar-refractivity contribution in [2.45, 2.75) is 31.1 Å². The van der Waals surface area contributed by atoms with E-state index in [2.05, 4.69) is 10.3 Å². The predicted octanol–water partition coefficient (Wildman–Crippen LogP) is 2.09. The first-order valence-corrected chi connectivity index (χ1v) is 10.2. The fraction of sp³-hybridized carbons (Fsp3) is 0.263. The third-order valence-electron chi connectivity index (χ3n) is 4.86. The van der Waals surface area contributed by atoms with Gasteiger partial charge >= 0.3 is 5.97 Å². The van der Waals surface area contributed by atoms with Gasteiger partial charge < -0.3 is 15.4 Å². The van der Waals surface area contributed by atoms with Gasteiger partial charge in [-0.25, -0.2) is 0 Å². The molecule has 0 aliphatic carbocycles. The zero-order valence-corrected chi connectivity index (χ0v) is 15.9. The Morgan fingerprint density at radius 2 is 2.14 bits per heavy atom. The first-order valence-electron chi connectivity index (χ1n) is 8.75. The van der Waals surface area contributed by atoms with Crippen molar-refractivity contribution in [1.29, 1.82) is 0 Å². The Labute approximate surface area is 161 Å². The van der Waals surface area contributed by atoms with Gasteiger partial charge in [-0.1, -0.05) is 0 Å². The number of aryl methyl sites for hydroxylation is 2. The summed E-state index contributed by atoms with van der Waals surface area (Å²) < 4.78 is 29.3. The maximum Gasteiger partial charge on any atom is 0.303 e. The summed E-state index contributed by atoms with van der Waals surface area (Å²) >= 11 is 0. The number of hydrogen-bond acceptors (Lipinski definition) is 5. The average molecular weight is 402 g/mol. The van der Waals surface area contributed by atoms with Crippen LogP contribution in [0.2, 0.25) is 0 Å². The number of H-pyrrole nitrogens is 1. The Morgan fingerprint density at radius 3 is 2.89 bits per heavy atom. The summed E-state index contributed by atoms with van der Waals surface area (Å²) in [7, 11) is -3.84. The average Bonchev–Trinajstić information content (AvgIpc) is 3.12. The van der Waals surface area contributed by atoms with E-state index in [9.17, 15) is 18.0 Å². The summed E-state index contributed by atoms with van der Waals surface area (Å²) in [5, 5.41) is 11.7. The van der Waals surface area contributed by atoms with E-state index in [1.807, 2.05) is 13.0 Å². The molecule has 28 heavy (non-hydrogen) atoms. The topological polar surface area (TPSA) is 126 Å². The summed E-state index contributed by atoms with van der Waals surface area (Å²) in [5.41, 5.74) is 4.30. The molecule has 0 fully saturated rings. The smallest absolute Gasteiger partial charge is 0.303 e. The highest BCUT2D eigenvalue weighted by Gasteiger charge is 2.34. The van der Waals surface area contributed by atoms with Crippen molar-refractivity contribution in [2.24, 2.45) is 0 Å². The molecule has 0 atom stereocenters. The van der Waals surface area contributed by atoms with Gasteiger partial charge in [-0.2, -0.15) is 8.42 Å². The van der Waals surface area contributed by atoms with Gasteiger partial charge in [-0.3, -0.25) is 13.8 Å². The predicted molar refractivity (Wildman–Crippen MR) is 101 cm³/mol. The lowest BCUT2D eigenvalue weighted by atomic mass is 9.96. The number of aromatic nitrogens is 1. The first kappa shape index (κ1) is 18.5. The fourth-order valence-electron chi connectivity index (χ4n) is 3.67. The van der Waals surface area contributed by atoms with E-state index in [0.717, 1.165) is 11.3 Å². The number of nitrogens with one attached hydrogen (secondary N) is 2. The summed E-state index contributed by atoms with van der Waals surface area (Å²) in [5.74, 6) is -1.23. The molecule has 0 radical (unpaired) electrons. The van der Waals surface area contributed by atoms with Gasteiger partial charge in [0.1, 0.15) is 0 Å². The standard InChI is InChI=1S/C19H18N2O6S/c1-10-8-11(2-5-17(22)23)15(20-10)9-13-18-12-6-7-27-28(25,26)16(12)4-3-14(18)21-19(13)24/h3-4,8-9,20H,2,5-7H2,1H3,(H,21,24)(H,22,23)/b13-9-. The number of benzene rings is 1. The van der Waals surface area contributed by atoms with E-state index >= 15 is 0 Å². The Kier molecular flexibility index (Phi) is 4.35. The summed E-state index contributed by atoms with van der Waals surface area (Å²) in [6, 6.07) is 4.86. The van der Waals surface area contributed by atoms with E-state index in [0.29, 0.717) is 40.9 Å². The molecule has 9 heteroatoms. The minimum absolute atomic E-state index is 0.0265. The molecule has 0 unspecified atom stereocenters. The van der Waals surface area contributed by atoms with Crippen LogP contribution in [0.4, 0.5) is 5.69 Å². The molecule has 0 saturated carbocycles. The lowest BCUT2D eigenvalue weighted by molar-refractivity contribution is -0.137. The zero-order valence-electron chi connectivity index (χ0n) is 15.0. The fourth-order valence-corrected chi connectivity index (χ4v) is 4.84. The lowest BCUT2D eigenvalue weighted by Crippen LogP contribution is -2.19. The number of aliphatic carboxylic acids is 1. The van der Waals surface area contributed by atoms with Crippen LogP contribution in [0.25, 0.3) is 11.6 Å². The van der Waals surface area contributed by atoms with E-state index < -0.39 is 16.1 Å². The molecule has 3 heterocycles. The number of fused-ring (bicyclic) bond motifs is 3. The quantitative estimate of drug-likeness (QED) is 0.531. The monoisotopic (exact) mass is 402 g/mol. The second-order valence-corrected chi connectivity index (χ2v) is 8.37. The number of carbonyl (C=O) groups is 2. The van der Waals surface area contributed by atoms with Gasteiger partial charge in [0.2, 0.25) is 0 Å². The second-order valence-electron chi connectivity index (χ2n) is 6.79. The van der Waals surface area contributed by atoms with E-state index in [1.54, 1.807) is 12.1 Å². The molecule has 2 aliphatic rings. The van der Waals surface area contributed by atoms with Gasteiger partial charge in [0, 0.05) is 29.1 Å². The normalized spacial score (nSPS) is 18.6. The van der Waals surface area contributed by atoms with Crippen molar-refractivity contribution in [3.8, 4) is 0 Å². The number of hydrogen-bond donors (Lipinski definition) is 3. The number of carboxylic acids is 1. The molecular weight excluding hydrogens is 384 g/mol. The van der Waals surface area contributed by atoms with Crippen LogP contribution in [0.5, 0.6) is 0 Å². The van der Waals surface area contributed by atoms with Crippen molar-refractivity contribution in [1.82, 2.24) is 4.98 Å². The second kappa shape index (κ2) is 6.61. The Balaban J connectivity index is 1.84. The van der Waals surface area contributed by atoms with Crippen LogP contribution >= 0.6 is 0 Å². The van der Waals surface area contributed by atoms with Crippen LogP contribution in [0.15, 0.2) is 23.1 Å². The van der Waals surface area contributed by atoms with Gasteiger partial charge in [-0.15, -0.1) is 0 Å². The minimum atomic E-state index is -3.84. The van der Waals surface area contributed by atoms with Gasteiger partial charge in [-0.05, 0) is 55.2 Å². The number of anilines is 1. The van der Waals surface area contributed by atoms with Gasteiger partial charge in [0.15, 0.2) is 0 Å². The number of carbonyl (C=O) groups excluding carboxylic acids is 1. The van der Waals surface area contributed by atoms with Crippen LogP contribution in [-0.4, -0.2) is 37.0 Å². The van der Waals surface area contributed by atoms with Gasteiger partial charge in [0.05, 0.1) is 17.1 Å². The molecule has 2 aromatic rings. The van der Waals surface area contributed by atoms with E-state index in [1.165, 1.54) is 6.07 Å². The Morgan fingerprint density at radius 1 is 1.36 bits per heavy atom. The Hall–Kier alpha value is -2.91. The molecule has 0 spiro atoms. The largest absolute Gasteiger partial charge is 0.481 e. The van der Waals surface area contributed by atoms with Gasteiger partial charge in [0.25, 0.3) is 16.0 Å². The zero-order chi connectivity index (χ0) is 20.1. The molecule has 146 valence electrons. The molecule has 1 aromatic heterocycles. The van der Waals surface area contributed by atoms with Crippen LogP contribution in [-0.2, 0) is 36.7 Å². The van der Waals surface area contributed by atoms with Crippen molar-refractivity contribution >= 4 is 39.3 Å². The summed E-state index contributed by atoms with van der Waals surface area (Å²) in [6.07, 6.45) is 2.33. The van der Waals surface area contributed by atoms with Crippen LogP contribution in [0.1, 0.15) is 34.5 Å². The van der Waals surface area contributed by atoms with Crippen molar-refractivity contribution in [3.63, 3.8) is 0 Å². The van der Waals surface area contributed by atoms with E-state index in [4.69, 9.17) is 9.29 Å². The minimum Gasteiger partial charge on any atom is -0.481 e. The molecule has 1 aromatic carbocycles.